The topological polar surface area (TPSA) is 36.9 Å². The van der Waals surface area contributed by atoms with E-state index < -0.39 is 0 Å². The predicted molar refractivity (Wildman–Crippen MR) is 86.2 cm³/mol. The Bertz CT molecular complexity index is 766. The smallest absolute Gasteiger partial charge is 0.105 e. The molecule has 4 heteroatoms. The number of nitrogens with zero attached hydrogens (tertiary/aromatic N) is 3. The van der Waals surface area contributed by atoms with Crippen LogP contribution < -0.4 is 0 Å². The second-order valence-corrected chi connectivity index (χ2v) is 5.80. The molecule has 2 heterocycles. The third-order valence-corrected chi connectivity index (χ3v) is 4.25. The Morgan fingerprint density at radius 3 is 2.62 bits per heavy atom. The number of hydrogen-bond donors (Lipinski definition) is 1. The van der Waals surface area contributed by atoms with Crippen LogP contribution in [0, 0.1) is 13.8 Å². The SMILES string of the molecule is Cc1c(CN(C)Cc2cnc(C)n2C)[nH]c2ccccc12. The molecule has 2 aromatic heterocycles. The Kier molecular flexibility index (Phi) is 3.55. The lowest BCUT2D eigenvalue weighted by atomic mass is 10.1. The van der Waals surface area contributed by atoms with Gasteiger partial charge in [-0.1, -0.05) is 18.2 Å². The fourth-order valence-electron chi connectivity index (χ4n) is 2.79. The monoisotopic (exact) mass is 282 g/mol. The van der Waals surface area contributed by atoms with Crippen molar-refractivity contribution in [3.8, 4) is 0 Å². The average Bonchev–Trinajstić information content (AvgIpc) is 2.94. The number of aryl methyl sites for hydroxylation is 2. The Labute approximate surface area is 125 Å². The average molecular weight is 282 g/mol. The minimum Gasteiger partial charge on any atom is -0.357 e. The van der Waals surface area contributed by atoms with Crippen molar-refractivity contribution in [1.29, 1.82) is 0 Å². The van der Waals surface area contributed by atoms with Crippen LogP contribution in [0.15, 0.2) is 30.5 Å². The highest BCUT2D eigenvalue weighted by atomic mass is 15.1. The number of aromatic amines is 1. The molecule has 0 bridgehead atoms. The molecule has 0 amide bonds. The van der Waals surface area contributed by atoms with Gasteiger partial charge in [0.25, 0.3) is 0 Å². The van der Waals surface area contributed by atoms with Gasteiger partial charge in [-0.05, 0) is 32.5 Å². The summed E-state index contributed by atoms with van der Waals surface area (Å²) in [4.78, 5) is 10.2. The van der Waals surface area contributed by atoms with Crippen molar-refractivity contribution in [2.45, 2.75) is 26.9 Å². The quantitative estimate of drug-likeness (QED) is 0.798. The number of benzene rings is 1. The van der Waals surface area contributed by atoms with E-state index in [1.54, 1.807) is 0 Å². The first-order valence-corrected chi connectivity index (χ1v) is 7.28. The second-order valence-electron chi connectivity index (χ2n) is 5.80. The molecule has 21 heavy (non-hydrogen) atoms. The molecule has 0 radical (unpaired) electrons. The first-order chi connectivity index (χ1) is 10.1. The van der Waals surface area contributed by atoms with E-state index in [-0.39, 0.29) is 0 Å². The number of rotatable bonds is 4. The van der Waals surface area contributed by atoms with Gasteiger partial charge >= 0.3 is 0 Å². The van der Waals surface area contributed by atoms with Crippen LogP contribution in [0.25, 0.3) is 10.9 Å². The van der Waals surface area contributed by atoms with E-state index in [2.05, 4.69) is 64.7 Å². The van der Waals surface area contributed by atoms with E-state index in [9.17, 15) is 0 Å². The maximum atomic E-state index is 4.36. The van der Waals surface area contributed by atoms with Gasteiger partial charge in [-0.3, -0.25) is 4.90 Å². The number of nitrogens with one attached hydrogen (secondary N) is 1. The van der Waals surface area contributed by atoms with Crippen molar-refractivity contribution < 1.29 is 0 Å². The molecule has 0 saturated heterocycles. The van der Waals surface area contributed by atoms with E-state index in [4.69, 9.17) is 0 Å². The molecule has 0 unspecified atom stereocenters. The highest BCUT2D eigenvalue weighted by Crippen LogP contribution is 2.22. The Balaban J connectivity index is 1.78. The number of imidazole rings is 1. The van der Waals surface area contributed by atoms with E-state index in [0.29, 0.717) is 0 Å². The standard InChI is InChI=1S/C17H22N4/c1-12-15-7-5-6-8-16(15)19-17(12)11-20(3)10-14-9-18-13(2)21(14)4/h5-9,19H,10-11H2,1-4H3. The molecule has 0 saturated carbocycles. The summed E-state index contributed by atoms with van der Waals surface area (Å²) in [5.41, 5.74) is 5.09. The van der Waals surface area contributed by atoms with Crippen LogP contribution in [-0.4, -0.2) is 26.5 Å². The van der Waals surface area contributed by atoms with Gasteiger partial charge in [0.1, 0.15) is 5.82 Å². The molecule has 0 spiro atoms. The summed E-state index contributed by atoms with van der Waals surface area (Å²) in [5.74, 6) is 1.06. The van der Waals surface area contributed by atoms with E-state index >= 15 is 0 Å². The van der Waals surface area contributed by atoms with E-state index in [1.807, 2.05) is 13.1 Å². The third-order valence-electron chi connectivity index (χ3n) is 4.25. The van der Waals surface area contributed by atoms with Crippen molar-refractivity contribution in [2.75, 3.05) is 7.05 Å². The summed E-state index contributed by atoms with van der Waals surface area (Å²) >= 11 is 0. The van der Waals surface area contributed by atoms with Crippen molar-refractivity contribution in [3.63, 3.8) is 0 Å². The molecule has 110 valence electrons. The van der Waals surface area contributed by atoms with Gasteiger partial charge in [0.15, 0.2) is 0 Å². The first kappa shape index (κ1) is 13.9. The zero-order valence-corrected chi connectivity index (χ0v) is 13.1. The number of aromatic nitrogens is 3. The molecule has 3 aromatic rings. The summed E-state index contributed by atoms with van der Waals surface area (Å²) < 4.78 is 2.15. The predicted octanol–water partition coefficient (Wildman–Crippen LogP) is 3.15. The second kappa shape index (κ2) is 5.37. The van der Waals surface area contributed by atoms with Gasteiger partial charge in [0.2, 0.25) is 0 Å². The fourth-order valence-corrected chi connectivity index (χ4v) is 2.79. The van der Waals surface area contributed by atoms with Crippen LogP contribution in [0.4, 0.5) is 0 Å². The van der Waals surface area contributed by atoms with Crippen LogP contribution in [0.2, 0.25) is 0 Å². The van der Waals surface area contributed by atoms with Crippen molar-refractivity contribution in [1.82, 2.24) is 19.4 Å². The highest BCUT2D eigenvalue weighted by Gasteiger charge is 2.11. The normalized spacial score (nSPS) is 11.7. The summed E-state index contributed by atoms with van der Waals surface area (Å²) in [6.45, 7) is 6.03. The lowest BCUT2D eigenvalue weighted by Gasteiger charge is -2.16. The van der Waals surface area contributed by atoms with Gasteiger partial charge in [-0.25, -0.2) is 4.98 Å². The molecule has 1 N–H and O–H groups in total. The van der Waals surface area contributed by atoms with Crippen LogP contribution >= 0.6 is 0 Å². The number of para-hydroxylation sites is 1. The molecule has 0 aliphatic rings. The van der Waals surface area contributed by atoms with E-state index in [0.717, 1.165) is 18.9 Å². The third kappa shape index (κ3) is 2.59. The Hall–Kier alpha value is -2.07. The van der Waals surface area contributed by atoms with Crippen LogP contribution in [0.3, 0.4) is 0 Å². The lowest BCUT2D eigenvalue weighted by molar-refractivity contribution is 0.307. The van der Waals surface area contributed by atoms with Crippen LogP contribution in [-0.2, 0) is 20.1 Å². The minimum atomic E-state index is 0.895. The summed E-state index contributed by atoms with van der Waals surface area (Å²) in [5, 5.41) is 1.32. The molecule has 3 rings (SSSR count). The maximum Gasteiger partial charge on any atom is 0.105 e. The van der Waals surface area contributed by atoms with Crippen LogP contribution in [0.1, 0.15) is 22.8 Å². The Morgan fingerprint density at radius 1 is 1.19 bits per heavy atom. The lowest BCUT2D eigenvalue weighted by Crippen LogP contribution is -2.19. The molecule has 0 fully saturated rings. The molecule has 1 aromatic carbocycles. The zero-order valence-electron chi connectivity index (χ0n) is 13.1. The van der Waals surface area contributed by atoms with Crippen molar-refractivity contribution in [3.05, 3.63) is 53.2 Å². The van der Waals surface area contributed by atoms with Gasteiger partial charge in [-0.15, -0.1) is 0 Å². The van der Waals surface area contributed by atoms with Gasteiger partial charge in [0, 0.05) is 42.9 Å². The van der Waals surface area contributed by atoms with Gasteiger partial charge in [-0.2, -0.15) is 0 Å². The molecular formula is C17H22N4. The molecular weight excluding hydrogens is 260 g/mol. The summed E-state index contributed by atoms with van der Waals surface area (Å²) in [6, 6.07) is 8.48. The van der Waals surface area contributed by atoms with Gasteiger partial charge in [0.05, 0.1) is 5.69 Å². The fraction of sp³-hybridized carbons (Fsp3) is 0.353. The maximum absolute atomic E-state index is 4.36. The molecule has 0 atom stereocenters. The largest absolute Gasteiger partial charge is 0.357 e. The minimum absolute atomic E-state index is 0.895. The number of fused-ring (bicyclic) bond motifs is 1. The molecule has 0 aliphatic heterocycles. The van der Waals surface area contributed by atoms with Crippen LogP contribution in [0.5, 0.6) is 0 Å². The first-order valence-electron chi connectivity index (χ1n) is 7.28. The molecule has 4 nitrogen and oxygen atoms in total. The number of H-pyrrole nitrogens is 1. The van der Waals surface area contributed by atoms with Gasteiger partial charge < -0.3 is 9.55 Å². The highest BCUT2D eigenvalue weighted by molar-refractivity contribution is 5.84. The van der Waals surface area contributed by atoms with E-state index in [1.165, 1.54) is 27.9 Å². The summed E-state index contributed by atoms with van der Waals surface area (Å²) in [6.07, 6.45) is 1.96. The molecule has 0 aliphatic carbocycles. The van der Waals surface area contributed by atoms with Crippen molar-refractivity contribution >= 4 is 10.9 Å². The zero-order chi connectivity index (χ0) is 15.0. The van der Waals surface area contributed by atoms with Crippen molar-refractivity contribution in [2.24, 2.45) is 7.05 Å². The Morgan fingerprint density at radius 2 is 1.95 bits per heavy atom. The number of hydrogen-bond acceptors (Lipinski definition) is 2. The summed E-state index contributed by atoms with van der Waals surface area (Å²) in [7, 11) is 4.22.